The molecule has 0 spiro atoms. The number of H-pyrrole nitrogens is 1. The molecule has 3 heterocycles. The van der Waals surface area contributed by atoms with Crippen molar-refractivity contribution >= 4 is 16.7 Å². The topological polar surface area (TPSA) is 53.0 Å². The highest BCUT2D eigenvalue weighted by Gasteiger charge is 2.16. The number of aromatic nitrogens is 4. The standard InChI is InChI=1S/C18H24N6/c1-14-12-15(23-10-8-22(2)9-11-23)13-16-18(14)21-17(20-16)4-7-24-6-3-5-19-24/h3,5-6,12-13H,4,7-11H2,1-2H3,(H,20,21). The van der Waals surface area contributed by atoms with Gasteiger partial charge in [-0.1, -0.05) is 0 Å². The first-order valence-corrected chi connectivity index (χ1v) is 8.59. The van der Waals surface area contributed by atoms with Crippen LogP contribution in [0, 0.1) is 6.92 Å². The van der Waals surface area contributed by atoms with Crippen LogP contribution in [-0.2, 0) is 13.0 Å². The third-order valence-corrected chi connectivity index (χ3v) is 4.82. The van der Waals surface area contributed by atoms with Crippen LogP contribution in [0.15, 0.2) is 30.6 Å². The van der Waals surface area contributed by atoms with Crippen LogP contribution in [-0.4, -0.2) is 57.9 Å². The smallest absolute Gasteiger partial charge is 0.109 e. The van der Waals surface area contributed by atoms with Crippen LogP contribution in [0.4, 0.5) is 5.69 Å². The van der Waals surface area contributed by atoms with Crippen LogP contribution < -0.4 is 4.90 Å². The third kappa shape index (κ3) is 3.01. The third-order valence-electron chi connectivity index (χ3n) is 4.82. The molecule has 4 rings (SSSR count). The summed E-state index contributed by atoms with van der Waals surface area (Å²) in [7, 11) is 2.19. The second-order valence-electron chi connectivity index (χ2n) is 6.65. The van der Waals surface area contributed by atoms with Crippen molar-refractivity contribution < 1.29 is 0 Å². The Morgan fingerprint density at radius 2 is 2.00 bits per heavy atom. The molecule has 1 aliphatic rings. The van der Waals surface area contributed by atoms with Gasteiger partial charge in [-0.15, -0.1) is 0 Å². The van der Waals surface area contributed by atoms with E-state index in [4.69, 9.17) is 4.98 Å². The normalized spacial score (nSPS) is 16.2. The Hall–Kier alpha value is -2.34. The van der Waals surface area contributed by atoms with Crippen molar-refractivity contribution in [3.63, 3.8) is 0 Å². The van der Waals surface area contributed by atoms with Gasteiger partial charge in [0.05, 0.1) is 11.0 Å². The van der Waals surface area contributed by atoms with Crippen LogP contribution in [0.3, 0.4) is 0 Å². The van der Waals surface area contributed by atoms with Gasteiger partial charge >= 0.3 is 0 Å². The summed E-state index contributed by atoms with van der Waals surface area (Å²) in [5.74, 6) is 1.03. The molecule has 1 N–H and O–H groups in total. The average molecular weight is 324 g/mol. The summed E-state index contributed by atoms with van der Waals surface area (Å²) < 4.78 is 1.94. The summed E-state index contributed by atoms with van der Waals surface area (Å²) >= 11 is 0. The molecule has 0 bridgehead atoms. The summed E-state index contributed by atoms with van der Waals surface area (Å²) in [6.45, 7) is 7.41. The van der Waals surface area contributed by atoms with Crippen LogP contribution in [0.1, 0.15) is 11.4 Å². The van der Waals surface area contributed by atoms with Gasteiger partial charge in [0.2, 0.25) is 0 Å². The van der Waals surface area contributed by atoms with Crippen LogP contribution >= 0.6 is 0 Å². The molecule has 0 aliphatic carbocycles. The molecule has 0 unspecified atom stereocenters. The average Bonchev–Trinajstić information content (AvgIpc) is 3.23. The lowest BCUT2D eigenvalue weighted by molar-refractivity contribution is 0.313. The fourth-order valence-electron chi connectivity index (χ4n) is 3.34. The minimum absolute atomic E-state index is 0.844. The van der Waals surface area contributed by atoms with Gasteiger partial charge in [0, 0.05) is 57.2 Å². The zero-order valence-electron chi connectivity index (χ0n) is 14.4. The lowest BCUT2D eigenvalue weighted by atomic mass is 10.1. The minimum Gasteiger partial charge on any atom is -0.369 e. The fraction of sp³-hybridized carbons (Fsp3) is 0.444. The molecule has 0 amide bonds. The number of nitrogens with one attached hydrogen (secondary N) is 1. The molecule has 1 saturated heterocycles. The van der Waals surface area contributed by atoms with E-state index in [1.807, 2.05) is 23.1 Å². The van der Waals surface area contributed by atoms with Gasteiger partial charge in [-0.2, -0.15) is 5.10 Å². The molecule has 2 aromatic heterocycles. The van der Waals surface area contributed by atoms with Crippen molar-refractivity contribution in [2.75, 3.05) is 38.1 Å². The Morgan fingerprint density at radius 1 is 1.17 bits per heavy atom. The molecule has 1 aromatic carbocycles. The van der Waals surface area contributed by atoms with Gasteiger partial charge in [-0.05, 0) is 37.7 Å². The van der Waals surface area contributed by atoms with E-state index in [0.29, 0.717) is 0 Å². The number of nitrogens with zero attached hydrogens (tertiary/aromatic N) is 5. The highest BCUT2D eigenvalue weighted by atomic mass is 15.3. The number of likely N-dealkylation sites (N-methyl/N-ethyl adjacent to an activating group) is 1. The zero-order chi connectivity index (χ0) is 16.5. The fourth-order valence-corrected chi connectivity index (χ4v) is 3.34. The first-order valence-electron chi connectivity index (χ1n) is 8.59. The number of fused-ring (bicyclic) bond motifs is 1. The van der Waals surface area contributed by atoms with E-state index < -0.39 is 0 Å². The number of piperazine rings is 1. The monoisotopic (exact) mass is 324 g/mol. The molecule has 0 atom stereocenters. The molecule has 6 nitrogen and oxygen atoms in total. The number of rotatable bonds is 4. The summed E-state index contributed by atoms with van der Waals surface area (Å²) in [6, 6.07) is 6.47. The maximum atomic E-state index is 4.79. The molecule has 126 valence electrons. The number of aryl methyl sites for hydroxylation is 3. The molecule has 1 fully saturated rings. The maximum absolute atomic E-state index is 4.79. The van der Waals surface area contributed by atoms with Crippen molar-refractivity contribution in [1.82, 2.24) is 24.6 Å². The predicted molar refractivity (Wildman–Crippen MR) is 96.5 cm³/mol. The number of imidazole rings is 1. The Labute approximate surface area is 142 Å². The van der Waals surface area contributed by atoms with Crippen LogP contribution in [0.25, 0.3) is 11.0 Å². The van der Waals surface area contributed by atoms with E-state index in [9.17, 15) is 0 Å². The first kappa shape index (κ1) is 15.2. The quantitative estimate of drug-likeness (QED) is 0.798. The number of hydrogen-bond acceptors (Lipinski definition) is 4. The van der Waals surface area contributed by atoms with Crippen molar-refractivity contribution in [2.24, 2.45) is 0 Å². The molecular weight excluding hydrogens is 300 g/mol. The predicted octanol–water partition coefficient (Wildman–Crippen LogP) is 2.06. The Kier molecular flexibility index (Phi) is 3.98. The Balaban J connectivity index is 1.56. The van der Waals surface area contributed by atoms with E-state index in [1.165, 1.54) is 11.3 Å². The van der Waals surface area contributed by atoms with E-state index in [-0.39, 0.29) is 0 Å². The number of hydrogen-bond donors (Lipinski definition) is 1. The largest absolute Gasteiger partial charge is 0.369 e. The Morgan fingerprint density at radius 3 is 2.75 bits per heavy atom. The molecule has 1 aliphatic heterocycles. The molecule has 3 aromatic rings. The highest BCUT2D eigenvalue weighted by molar-refractivity contribution is 5.83. The molecule has 24 heavy (non-hydrogen) atoms. The van der Waals surface area contributed by atoms with Gasteiger partial charge in [0.25, 0.3) is 0 Å². The van der Waals surface area contributed by atoms with Crippen LogP contribution in [0.5, 0.6) is 0 Å². The summed E-state index contributed by atoms with van der Waals surface area (Å²) in [4.78, 5) is 13.1. The minimum atomic E-state index is 0.844. The molecule has 0 radical (unpaired) electrons. The first-order chi connectivity index (χ1) is 11.7. The van der Waals surface area contributed by atoms with Crippen LogP contribution in [0.2, 0.25) is 0 Å². The highest BCUT2D eigenvalue weighted by Crippen LogP contribution is 2.25. The number of aromatic amines is 1. The van der Waals surface area contributed by atoms with Gasteiger partial charge in [-0.25, -0.2) is 4.98 Å². The van der Waals surface area contributed by atoms with Crippen molar-refractivity contribution in [3.05, 3.63) is 42.0 Å². The summed E-state index contributed by atoms with van der Waals surface area (Å²) in [5, 5.41) is 4.25. The van der Waals surface area contributed by atoms with Gasteiger partial charge in [0.1, 0.15) is 5.82 Å². The summed E-state index contributed by atoms with van der Waals surface area (Å²) in [6.07, 6.45) is 4.66. The molecule has 6 heteroatoms. The van der Waals surface area contributed by atoms with Crippen molar-refractivity contribution in [3.8, 4) is 0 Å². The summed E-state index contributed by atoms with van der Waals surface area (Å²) in [5.41, 5.74) is 4.76. The zero-order valence-corrected chi connectivity index (χ0v) is 14.4. The lowest BCUT2D eigenvalue weighted by Crippen LogP contribution is -2.44. The molecule has 0 saturated carbocycles. The van der Waals surface area contributed by atoms with Gasteiger partial charge < -0.3 is 14.8 Å². The second kappa shape index (κ2) is 6.28. The van der Waals surface area contributed by atoms with E-state index in [2.05, 4.69) is 46.0 Å². The lowest BCUT2D eigenvalue weighted by Gasteiger charge is -2.34. The number of anilines is 1. The van der Waals surface area contributed by atoms with Crippen molar-refractivity contribution in [2.45, 2.75) is 19.9 Å². The van der Waals surface area contributed by atoms with E-state index in [1.54, 1.807) is 0 Å². The van der Waals surface area contributed by atoms with Crippen molar-refractivity contribution in [1.29, 1.82) is 0 Å². The Bertz CT molecular complexity index is 812. The maximum Gasteiger partial charge on any atom is 0.109 e. The van der Waals surface area contributed by atoms with Gasteiger partial charge in [-0.3, -0.25) is 4.68 Å². The van der Waals surface area contributed by atoms with E-state index >= 15 is 0 Å². The molecular formula is C18H24N6. The van der Waals surface area contributed by atoms with Gasteiger partial charge in [0.15, 0.2) is 0 Å². The second-order valence-corrected chi connectivity index (χ2v) is 6.65. The van der Waals surface area contributed by atoms with E-state index in [0.717, 1.165) is 56.0 Å². The SMILES string of the molecule is Cc1cc(N2CCN(C)CC2)cc2[nH]c(CCn3cccn3)nc12. The number of benzene rings is 1.